The summed E-state index contributed by atoms with van der Waals surface area (Å²) in [5.74, 6) is 0.929. The zero-order valence-electron chi connectivity index (χ0n) is 14.5. The van der Waals surface area contributed by atoms with E-state index in [2.05, 4.69) is 19.9 Å². The number of amides is 1. The van der Waals surface area contributed by atoms with Gasteiger partial charge < -0.3 is 9.80 Å². The van der Waals surface area contributed by atoms with Crippen molar-refractivity contribution in [3.05, 3.63) is 34.5 Å². The maximum atomic E-state index is 12.4. The summed E-state index contributed by atoms with van der Waals surface area (Å²) in [5, 5.41) is 1.84. The summed E-state index contributed by atoms with van der Waals surface area (Å²) in [6.45, 7) is 5.71. The number of carbonyl (C=O) groups excluding carboxylic acids is 1. The second-order valence-electron chi connectivity index (χ2n) is 7.21. The van der Waals surface area contributed by atoms with Crippen molar-refractivity contribution in [2.45, 2.75) is 32.6 Å². The van der Waals surface area contributed by atoms with Crippen LogP contribution < -0.4 is 4.90 Å². The van der Waals surface area contributed by atoms with E-state index in [1.165, 1.54) is 11.3 Å². The molecule has 0 atom stereocenters. The number of thiazole rings is 1. The molecule has 0 aliphatic carbocycles. The Balaban J connectivity index is 1.33. The molecule has 2 aromatic heterocycles. The maximum Gasteiger partial charge on any atom is 0.273 e. The van der Waals surface area contributed by atoms with Gasteiger partial charge >= 0.3 is 0 Å². The summed E-state index contributed by atoms with van der Waals surface area (Å²) >= 11 is 1.48. The maximum absolute atomic E-state index is 12.4. The number of anilines is 1. The monoisotopic (exact) mass is 357 g/mol. The van der Waals surface area contributed by atoms with Crippen LogP contribution in [0.25, 0.3) is 0 Å². The molecule has 2 aromatic rings. The fraction of sp³-hybridized carbons (Fsp3) is 0.556. The molecule has 0 unspecified atom stereocenters. The zero-order chi connectivity index (χ0) is 17.3. The average molecular weight is 357 g/mol. The van der Waals surface area contributed by atoms with Gasteiger partial charge in [0.2, 0.25) is 5.95 Å². The van der Waals surface area contributed by atoms with Crippen molar-refractivity contribution in [2.24, 2.45) is 5.41 Å². The first-order valence-electron chi connectivity index (χ1n) is 8.86. The number of carbonyl (C=O) groups is 1. The van der Waals surface area contributed by atoms with E-state index in [1.54, 1.807) is 5.51 Å². The van der Waals surface area contributed by atoms with Crippen molar-refractivity contribution < 1.29 is 4.79 Å². The number of aromatic nitrogens is 3. The molecule has 25 heavy (non-hydrogen) atoms. The van der Waals surface area contributed by atoms with E-state index in [9.17, 15) is 4.79 Å². The molecule has 2 aliphatic rings. The number of hydrogen-bond donors (Lipinski definition) is 0. The third-order valence-corrected chi connectivity index (χ3v) is 6.22. The second kappa shape index (κ2) is 6.71. The summed E-state index contributed by atoms with van der Waals surface area (Å²) < 4.78 is 0. The van der Waals surface area contributed by atoms with Crippen LogP contribution in [0.15, 0.2) is 23.3 Å². The van der Waals surface area contributed by atoms with Crippen LogP contribution >= 0.6 is 11.3 Å². The molecule has 7 heteroatoms. The van der Waals surface area contributed by atoms with E-state index < -0.39 is 0 Å². The standard InChI is InChI=1S/C18H23N5OS/c1-14-10-19-17(20-11-14)23-8-4-18(5-9-23)2-6-22(7-3-18)16(24)15-12-25-13-21-15/h10-13H,2-9H2,1H3. The van der Waals surface area contributed by atoms with Gasteiger partial charge in [-0.15, -0.1) is 11.3 Å². The van der Waals surface area contributed by atoms with Gasteiger partial charge in [-0.3, -0.25) is 4.79 Å². The summed E-state index contributed by atoms with van der Waals surface area (Å²) in [6, 6.07) is 0. The summed E-state index contributed by atoms with van der Waals surface area (Å²) in [5.41, 5.74) is 3.78. The molecule has 6 nitrogen and oxygen atoms in total. The molecule has 0 bridgehead atoms. The molecule has 2 saturated heterocycles. The fourth-order valence-corrected chi connectivity index (χ4v) is 4.42. The summed E-state index contributed by atoms with van der Waals surface area (Å²) in [7, 11) is 0. The van der Waals surface area contributed by atoms with Crippen molar-refractivity contribution in [1.29, 1.82) is 0 Å². The first-order valence-corrected chi connectivity index (χ1v) is 9.81. The van der Waals surface area contributed by atoms with E-state index in [1.807, 2.05) is 29.6 Å². The minimum absolute atomic E-state index is 0.0848. The van der Waals surface area contributed by atoms with Gasteiger partial charge in [0.1, 0.15) is 5.69 Å². The first-order chi connectivity index (χ1) is 12.2. The lowest BCUT2D eigenvalue weighted by Gasteiger charge is -2.46. The van der Waals surface area contributed by atoms with Crippen molar-refractivity contribution in [3.8, 4) is 0 Å². The Labute approximate surface area is 151 Å². The van der Waals surface area contributed by atoms with E-state index in [-0.39, 0.29) is 5.91 Å². The molecule has 1 spiro atoms. The Morgan fingerprint density at radius 2 is 1.68 bits per heavy atom. The van der Waals surface area contributed by atoms with Crippen LogP contribution in [0.1, 0.15) is 41.7 Å². The highest BCUT2D eigenvalue weighted by atomic mass is 32.1. The molecule has 4 heterocycles. The van der Waals surface area contributed by atoms with Gasteiger partial charge in [-0.05, 0) is 43.6 Å². The molecule has 2 aliphatic heterocycles. The molecule has 132 valence electrons. The number of aryl methyl sites for hydroxylation is 1. The topological polar surface area (TPSA) is 62.2 Å². The van der Waals surface area contributed by atoms with Gasteiger partial charge in [-0.25, -0.2) is 15.0 Å². The number of likely N-dealkylation sites (tertiary alicyclic amines) is 1. The van der Waals surface area contributed by atoms with Gasteiger partial charge in [0.15, 0.2) is 0 Å². The molecule has 0 N–H and O–H groups in total. The van der Waals surface area contributed by atoms with Crippen LogP contribution in [0.4, 0.5) is 5.95 Å². The van der Waals surface area contributed by atoms with Gasteiger partial charge in [-0.2, -0.15) is 0 Å². The zero-order valence-corrected chi connectivity index (χ0v) is 15.3. The predicted molar refractivity (Wildman–Crippen MR) is 97.9 cm³/mol. The minimum atomic E-state index is 0.0848. The van der Waals surface area contributed by atoms with Gasteiger partial charge in [0, 0.05) is 44.0 Å². The van der Waals surface area contributed by atoms with E-state index >= 15 is 0 Å². The average Bonchev–Trinajstić information content (AvgIpc) is 3.18. The molecule has 0 aromatic carbocycles. The van der Waals surface area contributed by atoms with Crippen molar-refractivity contribution >= 4 is 23.2 Å². The van der Waals surface area contributed by atoms with Crippen molar-refractivity contribution in [2.75, 3.05) is 31.1 Å². The third-order valence-electron chi connectivity index (χ3n) is 5.64. The van der Waals surface area contributed by atoms with E-state index in [4.69, 9.17) is 0 Å². The van der Waals surface area contributed by atoms with E-state index in [0.717, 1.165) is 63.4 Å². The quantitative estimate of drug-likeness (QED) is 0.827. The molecular weight excluding hydrogens is 334 g/mol. The Bertz CT molecular complexity index is 712. The summed E-state index contributed by atoms with van der Waals surface area (Å²) in [4.78, 5) is 29.8. The Morgan fingerprint density at radius 3 is 2.28 bits per heavy atom. The second-order valence-corrected chi connectivity index (χ2v) is 7.93. The molecule has 1 amide bonds. The highest BCUT2D eigenvalue weighted by Gasteiger charge is 2.39. The highest BCUT2D eigenvalue weighted by Crippen LogP contribution is 2.41. The minimum Gasteiger partial charge on any atom is -0.341 e. The predicted octanol–water partition coefficient (Wildman–Crippen LogP) is 2.76. The number of nitrogens with zero attached hydrogens (tertiary/aromatic N) is 5. The molecular formula is C18H23N5OS. The number of hydrogen-bond acceptors (Lipinski definition) is 6. The smallest absolute Gasteiger partial charge is 0.273 e. The number of rotatable bonds is 2. The normalized spacial score (nSPS) is 20.0. The number of piperidine rings is 2. The first kappa shape index (κ1) is 16.4. The van der Waals surface area contributed by atoms with Gasteiger partial charge in [0.05, 0.1) is 5.51 Å². The molecule has 2 fully saturated rings. The largest absolute Gasteiger partial charge is 0.341 e. The van der Waals surface area contributed by atoms with Crippen molar-refractivity contribution in [1.82, 2.24) is 19.9 Å². The third kappa shape index (κ3) is 3.38. The lowest BCUT2D eigenvalue weighted by molar-refractivity contribution is 0.0510. The van der Waals surface area contributed by atoms with Crippen LogP contribution in [0, 0.1) is 12.3 Å². The SMILES string of the molecule is Cc1cnc(N2CCC3(CCN(C(=O)c4cscn4)CC3)CC2)nc1. The van der Waals surface area contributed by atoms with Gasteiger partial charge in [0.25, 0.3) is 5.91 Å². The lowest BCUT2D eigenvalue weighted by atomic mass is 9.71. The molecule has 0 saturated carbocycles. The fourth-order valence-electron chi connectivity index (χ4n) is 3.89. The van der Waals surface area contributed by atoms with E-state index in [0.29, 0.717) is 11.1 Å². The van der Waals surface area contributed by atoms with Crippen LogP contribution in [-0.2, 0) is 0 Å². The van der Waals surface area contributed by atoms with Crippen LogP contribution in [0.5, 0.6) is 0 Å². The van der Waals surface area contributed by atoms with Crippen molar-refractivity contribution in [3.63, 3.8) is 0 Å². The molecule has 4 rings (SSSR count). The van der Waals surface area contributed by atoms with Crippen LogP contribution in [0.2, 0.25) is 0 Å². The van der Waals surface area contributed by atoms with Gasteiger partial charge in [-0.1, -0.05) is 0 Å². The lowest BCUT2D eigenvalue weighted by Crippen LogP contribution is -2.48. The van der Waals surface area contributed by atoms with Crippen LogP contribution in [-0.4, -0.2) is 51.9 Å². The summed E-state index contributed by atoms with van der Waals surface area (Å²) in [6.07, 6.45) is 8.26. The van der Waals surface area contributed by atoms with Crippen LogP contribution in [0.3, 0.4) is 0 Å². The Kier molecular flexibility index (Phi) is 4.41. The molecule has 0 radical (unpaired) electrons. The Hall–Kier alpha value is -2.02. The Morgan fingerprint density at radius 1 is 1.04 bits per heavy atom. The highest BCUT2D eigenvalue weighted by molar-refractivity contribution is 7.07.